The van der Waals surface area contributed by atoms with Crippen LogP contribution in [0.25, 0.3) is 106 Å². The van der Waals surface area contributed by atoms with Crippen LogP contribution in [0.4, 0.5) is 0 Å². The number of nitrogens with zero attached hydrogens (tertiary/aromatic N) is 2. The molecular formula is C71H52N2. The summed E-state index contributed by atoms with van der Waals surface area (Å²) in [6.07, 6.45) is 23.2. The van der Waals surface area contributed by atoms with E-state index >= 15 is 0 Å². The molecule has 2 aliphatic carbocycles. The lowest BCUT2D eigenvalue weighted by molar-refractivity contribution is 0.797. The quantitative estimate of drug-likeness (QED) is 0.104. The van der Waals surface area contributed by atoms with Crippen LogP contribution in [-0.4, -0.2) is 9.38 Å². The second-order valence-electron chi connectivity index (χ2n) is 19.3. The lowest BCUT2D eigenvalue weighted by Gasteiger charge is -2.32. The van der Waals surface area contributed by atoms with E-state index < -0.39 is 0 Å². The van der Waals surface area contributed by atoms with Gasteiger partial charge in [-0.1, -0.05) is 206 Å². The largest absolute Gasteiger partial charge is 0.292 e. The van der Waals surface area contributed by atoms with Crippen molar-refractivity contribution in [3.05, 3.63) is 287 Å². The molecule has 0 aliphatic heterocycles. The van der Waals surface area contributed by atoms with E-state index in [0.717, 1.165) is 28.5 Å². The van der Waals surface area contributed by atoms with Gasteiger partial charge in [0.1, 0.15) is 5.65 Å². The summed E-state index contributed by atoms with van der Waals surface area (Å²) >= 11 is 0. The Kier molecular flexibility index (Phi) is 11.2. The monoisotopic (exact) mass is 932 g/mol. The first-order chi connectivity index (χ1) is 36.1. The second kappa shape index (κ2) is 18.6. The molecule has 0 radical (unpaired) electrons. The molecule has 0 spiro atoms. The van der Waals surface area contributed by atoms with Gasteiger partial charge in [0.25, 0.3) is 0 Å². The van der Waals surface area contributed by atoms with E-state index in [1.807, 2.05) is 6.92 Å². The van der Waals surface area contributed by atoms with Gasteiger partial charge in [-0.2, -0.15) is 0 Å². The first-order valence-electron chi connectivity index (χ1n) is 25.5. The number of benzene rings is 9. The zero-order chi connectivity index (χ0) is 48.8. The maximum Gasteiger partial charge on any atom is 0.146 e. The molecular weight excluding hydrogens is 881 g/mol. The number of fused-ring (bicyclic) bond motifs is 11. The summed E-state index contributed by atoms with van der Waals surface area (Å²) < 4.78 is 2.31. The molecule has 0 saturated carbocycles. The van der Waals surface area contributed by atoms with Crippen LogP contribution < -0.4 is 10.4 Å². The molecule has 2 heteroatoms. The molecule has 73 heavy (non-hydrogen) atoms. The van der Waals surface area contributed by atoms with Gasteiger partial charge in [0.2, 0.25) is 0 Å². The Morgan fingerprint density at radius 2 is 1.18 bits per heavy atom. The Hall–Kier alpha value is -9.11. The fourth-order valence-electron chi connectivity index (χ4n) is 11.5. The number of pyridine rings is 1. The number of aromatic nitrogens is 2. The van der Waals surface area contributed by atoms with Gasteiger partial charge in [0.05, 0.1) is 16.6 Å². The number of hydrogen-bond donors (Lipinski definition) is 0. The minimum absolute atomic E-state index is 0.216. The standard InChI is InChI=1S/C71H52N2/c1-3-5-7-19-48-20-16-21-52(42-48)50-30-32-51(33-31-50)70-61-24-11-10-23-60(61)69(49(4-2)29-28-47-17-8-6-9-18-47)62-40-38-58(46-65(62)70)56-37-35-53-43-55(36-34-54(53)44-56)57-39-41-63-64(45-57)59-22-12-14-26-67(59)73-68-27-15-13-25-66(68)72-71(63)73/h3-22,24-46,60H,23H2,1-2H3/b5-3-,19-7-,29-28-,49-4+. The van der Waals surface area contributed by atoms with E-state index in [1.165, 1.54) is 110 Å². The van der Waals surface area contributed by atoms with Crippen molar-refractivity contribution < 1.29 is 0 Å². The molecule has 13 rings (SSSR count). The average molecular weight is 933 g/mol. The van der Waals surface area contributed by atoms with Gasteiger partial charge in [-0.25, -0.2) is 4.98 Å². The third-order valence-electron chi connectivity index (χ3n) is 15.0. The molecule has 0 saturated heterocycles. The highest BCUT2D eigenvalue weighted by atomic mass is 15.0. The van der Waals surface area contributed by atoms with Crippen molar-refractivity contribution in [2.24, 2.45) is 5.92 Å². The van der Waals surface area contributed by atoms with E-state index in [-0.39, 0.29) is 5.92 Å². The van der Waals surface area contributed by atoms with E-state index in [2.05, 4.69) is 272 Å². The Labute approximate surface area is 426 Å². The first kappa shape index (κ1) is 43.9. The van der Waals surface area contributed by atoms with E-state index in [0.29, 0.717) is 0 Å². The minimum Gasteiger partial charge on any atom is -0.292 e. The van der Waals surface area contributed by atoms with Crippen LogP contribution in [0, 0.1) is 5.92 Å². The summed E-state index contributed by atoms with van der Waals surface area (Å²) in [5.74, 6) is 0.216. The molecule has 346 valence electrons. The lowest BCUT2D eigenvalue weighted by Crippen LogP contribution is -2.38. The molecule has 2 aliphatic rings. The van der Waals surface area contributed by atoms with Crippen LogP contribution in [-0.2, 0) is 0 Å². The SMILES string of the molecule is C/C=C\C=C/c1cccc(-c2ccc(C3=c4cc(-c5ccc6cc(-c7ccc8c(c7)c7ccccc7n7c9ccccc9nc87)ccc6c5)ccc4=C(C(/C=C\c4ccccc4)=C/C)C4CC=CC=C34)cc2)c1. The minimum atomic E-state index is 0.216. The summed E-state index contributed by atoms with van der Waals surface area (Å²) in [5, 5.41) is 8.58. The molecule has 9 aromatic carbocycles. The van der Waals surface area contributed by atoms with Crippen LogP contribution in [0.3, 0.4) is 0 Å². The number of allylic oxidation sites excluding steroid dienone is 10. The van der Waals surface area contributed by atoms with Gasteiger partial charge >= 0.3 is 0 Å². The van der Waals surface area contributed by atoms with E-state index in [9.17, 15) is 0 Å². The number of para-hydroxylation sites is 3. The summed E-state index contributed by atoms with van der Waals surface area (Å²) in [6.45, 7) is 4.22. The van der Waals surface area contributed by atoms with Crippen molar-refractivity contribution in [3.8, 4) is 33.4 Å². The molecule has 0 amide bonds. The molecule has 1 unspecified atom stereocenters. The average Bonchev–Trinajstić information content (AvgIpc) is 3.85. The molecule has 2 aromatic heterocycles. The molecule has 2 nitrogen and oxygen atoms in total. The van der Waals surface area contributed by atoms with Gasteiger partial charge in [0.15, 0.2) is 0 Å². The van der Waals surface area contributed by atoms with Gasteiger partial charge < -0.3 is 0 Å². The summed E-state index contributed by atoms with van der Waals surface area (Å²) in [6, 6.07) is 73.8. The lowest BCUT2D eigenvalue weighted by atomic mass is 9.72. The molecule has 2 heterocycles. The van der Waals surface area contributed by atoms with Gasteiger partial charge in [-0.3, -0.25) is 4.40 Å². The highest BCUT2D eigenvalue weighted by Crippen LogP contribution is 2.42. The number of hydrogen-bond acceptors (Lipinski definition) is 1. The highest BCUT2D eigenvalue weighted by molar-refractivity contribution is 6.15. The predicted molar refractivity (Wildman–Crippen MR) is 312 cm³/mol. The third kappa shape index (κ3) is 7.89. The van der Waals surface area contributed by atoms with E-state index in [4.69, 9.17) is 4.98 Å². The van der Waals surface area contributed by atoms with Crippen LogP contribution in [0.5, 0.6) is 0 Å². The van der Waals surface area contributed by atoms with Crippen molar-refractivity contribution >= 4 is 72.4 Å². The Bertz CT molecular complexity index is 4340. The van der Waals surface area contributed by atoms with Crippen molar-refractivity contribution in [1.29, 1.82) is 0 Å². The molecule has 0 N–H and O–H groups in total. The maximum absolute atomic E-state index is 5.14. The number of imidazole rings is 1. The third-order valence-corrected chi connectivity index (χ3v) is 15.0. The zero-order valence-corrected chi connectivity index (χ0v) is 41.0. The normalized spacial score (nSPS) is 15.0. The van der Waals surface area contributed by atoms with Crippen molar-refractivity contribution in [2.75, 3.05) is 0 Å². The molecule has 0 fully saturated rings. The van der Waals surface area contributed by atoms with Crippen LogP contribution in [0.1, 0.15) is 37.0 Å². The van der Waals surface area contributed by atoms with Crippen LogP contribution in [0.15, 0.2) is 260 Å². The topological polar surface area (TPSA) is 17.3 Å². The van der Waals surface area contributed by atoms with Crippen LogP contribution in [0.2, 0.25) is 0 Å². The van der Waals surface area contributed by atoms with Gasteiger partial charge in [-0.05, 0) is 174 Å². The van der Waals surface area contributed by atoms with Crippen molar-refractivity contribution in [3.63, 3.8) is 0 Å². The summed E-state index contributed by atoms with van der Waals surface area (Å²) in [4.78, 5) is 5.14. The molecule has 11 aromatic rings. The van der Waals surface area contributed by atoms with Crippen molar-refractivity contribution in [1.82, 2.24) is 9.38 Å². The molecule has 0 bridgehead atoms. The van der Waals surface area contributed by atoms with E-state index in [1.54, 1.807) is 0 Å². The summed E-state index contributed by atoms with van der Waals surface area (Å²) in [5.41, 5.74) is 20.4. The highest BCUT2D eigenvalue weighted by Gasteiger charge is 2.30. The Morgan fingerprint density at radius 1 is 0.507 bits per heavy atom. The van der Waals surface area contributed by atoms with Crippen molar-refractivity contribution in [2.45, 2.75) is 20.3 Å². The second-order valence-corrected chi connectivity index (χ2v) is 19.3. The molecule has 1 atom stereocenters. The Morgan fingerprint density at radius 3 is 1.99 bits per heavy atom. The maximum atomic E-state index is 5.14. The smallest absolute Gasteiger partial charge is 0.146 e. The van der Waals surface area contributed by atoms with Gasteiger partial charge in [-0.15, -0.1) is 0 Å². The first-order valence-corrected chi connectivity index (χ1v) is 25.5. The van der Waals surface area contributed by atoms with Crippen LogP contribution >= 0.6 is 0 Å². The fraction of sp³-hybridized carbons (Fsp3) is 0.0563. The Balaban J connectivity index is 0.929. The zero-order valence-electron chi connectivity index (χ0n) is 41.0. The fourth-order valence-corrected chi connectivity index (χ4v) is 11.5. The number of rotatable bonds is 9. The van der Waals surface area contributed by atoms with Gasteiger partial charge in [0, 0.05) is 16.7 Å². The predicted octanol–water partition coefficient (Wildman–Crippen LogP) is 17.1. The summed E-state index contributed by atoms with van der Waals surface area (Å²) in [7, 11) is 0.